The molecule has 160 valence electrons. The Morgan fingerprint density at radius 2 is 1.32 bits per heavy atom. The van der Waals surface area contributed by atoms with Gasteiger partial charge in [-0.2, -0.15) is 0 Å². The van der Waals surface area contributed by atoms with E-state index in [-0.39, 0.29) is 57.3 Å². The number of carbonyl (C=O) groups excluding carboxylic acids is 1. The Labute approximate surface area is 158 Å². The number of carbonyl (C=O) groups is 1. The Morgan fingerprint density at radius 3 is 1.76 bits per heavy atom. The molecule has 0 saturated carbocycles. The van der Waals surface area contributed by atoms with Crippen LogP contribution in [-0.2, 0) is 28.5 Å². The zero-order chi connectivity index (χ0) is 14.5. The molecule has 0 rings (SSSR count). The largest absolute Gasteiger partial charge is 0.459 e. The van der Waals surface area contributed by atoms with Gasteiger partial charge in [0.05, 0.1) is 33.0 Å². The molecule has 0 aliphatic rings. The van der Waals surface area contributed by atoms with Gasteiger partial charge in [0, 0.05) is 19.8 Å². The summed E-state index contributed by atoms with van der Waals surface area (Å²) in [5, 5.41) is 0. The molecule has 0 spiro atoms. The lowest BCUT2D eigenvalue weighted by atomic mass is 10.3. The molecule has 0 fully saturated rings. The fourth-order valence-corrected chi connectivity index (χ4v) is 1.09. The Morgan fingerprint density at radius 1 is 0.840 bits per heavy atom. The molecule has 6 nitrogen and oxygen atoms in total. The molecule has 0 saturated heterocycles. The van der Waals surface area contributed by atoms with Crippen molar-refractivity contribution in [2.45, 2.75) is 57.6 Å². The quantitative estimate of drug-likeness (QED) is 0.283. The third-order valence-corrected chi connectivity index (χ3v) is 2.13. The first-order valence-electron chi connectivity index (χ1n) is 6.11. The van der Waals surface area contributed by atoms with Crippen LogP contribution < -0.4 is 0 Å². The summed E-state index contributed by atoms with van der Waals surface area (Å²) in [5.41, 5.74) is 0.357. The Balaban J connectivity index is -0.000000108. The second-order valence-electron chi connectivity index (χ2n) is 3.93. The number of hydrogen-bond acceptors (Lipinski definition) is 6. The number of esters is 1. The van der Waals surface area contributed by atoms with Gasteiger partial charge in [-0.3, -0.25) is 0 Å². The van der Waals surface area contributed by atoms with E-state index >= 15 is 0 Å². The third-order valence-electron chi connectivity index (χ3n) is 2.13. The minimum atomic E-state index is -0.433. The van der Waals surface area contributed by atoms with Gasteiger partial charge >= 0.3 is 5.97 Å². The topological polar surface area (TPSA) is 63.2 Å². The molecule has 0 aromatic heterocycles. The van der Waals surface area contributed by atoms with E-state index in [1.54, 1.807) is 21.1 Å². The number of methoxy groups -OCH3 is 2. The van der Waals surface area contributed by atoms with Crippen molar-refractivity contribution in [3.05, 3.63) is 12.2 Å². The normalized spacial score (nSPS) is 9.24. The summed E-state index contributed by atoms with van der Waals surface area (Å²) >= 11 is 0. The Bertz CT molecular complexity index is 256. The fourth-order valence-electron chi connectivity index (χ4n) is 1.09. The van der Waals surface area contributed by atoms with Crippen LogP contribution in [0, 0.1) is 0 Å². The first-order chi connectivity index (χ1) is 9.11. The lowest BCUT2D eigenvalue weighted by Gasteiger charge is -2.18. The molecule has 0 heterocycles. The van der Waals surface area contributed by atoms with E-state index in [2.05, 4.69) is 6.58 Å². The fraction of sp³-hybridized carbons (Fsp3) is 0.842. The SMILES string of the molecule is C.C.C.C.C.C.C=C(C)C(=O)OCC(COCCOC)OCCOC. The summed E-state index contributed by atoms with van der Waals surface area (Å²) < 4.78 is 25.6. The molecular formula is C19H48O6. The van der Waals surface area contributed by atoms with Crippen LogP contribution in [0.5, 0.6) is 0 Å². The van der Waals surface area contributed by atoms with Crippen LogP contribution in [0.3, 0.4) is 0 Å². The van der Waals surface area contributed by atoms with E-state index in [0.29, 0.717) is 38.6 Å². The summed E-state index contributed by atoms with van der Waals surface area (Å²) in [6.45, 7) is 7.43. The summed E-state index contributed by atoms with van der Waals surface area (Å²) in [6, 6.07) is 0. The van der Waals surface area contributed by atoms with Crippen molar-refractivity contribution in [1.29, 1.82) is 0 Å². The van der Waals surface area contributed by atoms with Crippen molar-refractivity contribution in [1.82, 2.24) is 0 Å². The smallest absolute Gasteiger partial charge is 0.333 e. The van der Waals surface area contributed by atoms with Gasteiger partial charge in [-0.05, 0) is 6.92 Å². The monoisotopic (exact) mass is 372 g/mol. The van der Waals surface area contributed by atoms with Gasteiger partial charge in [0.1, 0.15) is 12.7 Å². The molecule has 0 amide bonds. The molecule has 25 heavy (non-hydrogen) atoms. The van der Waals surface area contributed by atoms with Crippen LogP contribution in [0.2, 0.25) is 0 Å². The zero-order valence-electron chi connectivity index (χ0n) is 12.0. The summed E-state index contributed by atoms with van der Waals surface area (Å²) in [7, 11) is 3.19. The van der Waals surface area contributed by atoms with Gasteiger partial charge in [0.25, 0.3) is 0 Å². The van der Waals surface area contributed by atoms with Gasteiger partial charge in [0.2, 0.25) is 0 Å². The first-order valence-corrected chi connectivity index (χ1v) is 6.11. The zero-order valence-corrected chi connectivity index (χ0v) is 12.0. The average molecular weight is 373 g/mol. The van der Waals surface area contributed by atoms with E-state index in [0.717, 1.165) is 0 Å². The summed E-state index contributed by atoms with van der Waals surface area (Å²) in [4.78, 5) is 11.3. The van der Waals surface area contributed by atoms with E-state index in [1.807, 2.05) is 0 Å². The van der Waals surface area contributed by atoms with Crippen molar-refractivity contribution in [2.75, 3.05) is 53.9 Å². The molecule has 1 atom stereocenters. The molecule has 0 aromatic rings. The van der Waals surface area contributed by atoms with E-state index in [9.17, 15) is 4.79 Å². The standard InChI is InChI=1S/C13H24O6.6CH4/c1-11(2)13(14)19-10-12(18-8-6-16-4)9-17-7-5-15-3;;;;;;/h12H,1,5-10H2,2-4H3;6*1H4. The highest BCUT2D eigenvalue weighted by atomic mass is 16.6. The molecule has 0 aliphatic carbocycles. The molecule has 0 radical (unpaired) electrons. The Kier molecular flexibility index (Phi) is 54.3. The molecule has 0 N–H and O–H groups in total. The number of ether oxygens (including phenoxy) is 5. The van der Waals surface area contributed by atoms with E-state index in [1.165, 1.54) is 0 Å². The highest BCUT2D eigenvalue weighted by Crippen LogP contribution is 1.99. The van der Waals surface area contributed by atoms with Crippen LogP contribution in [0.4, 0.5) is 0 Å². The van der Waals surface area contributed by atoms with E-state index < -0.39 is 5.97 Å². The van der Waals surface area contributed by atoms with Crippen molar-refractivity contribution in [3.8, 4) is 0 Å². The molecule has 1 unspecified atom stereocenters. The highest BCUT2D eigenvalue weighted by Gasteiger charge is 2.13. The van der Waals surface area contributed by atoms with Gasteiger partial charge in [-0.1, -0.05) is 51.1 Å². The molecule has 0 aliphatic heterocycles. The van der Waals surface area contributed by atoms with Gasteiger partial charge in [0.15, 0.2) is 0 Å². The van der Waals surface area contributed by atoms with Crippen molar-refractivity contribution >= 4 is 5.97 Å². The van der Waals surface area contributed by atoms with Crippen molar-refractivity contribution < 1.29 is 28.5 Å². The summed E-state index contributed by atoms with van der Waals surface area (Å²) in [5.74, 6) is -0.433. The van der Waals surface area contributed by atoms with Crippen LogP contribution in [0.15, 0.2) is 12.2 Å². The maximum absolute atomic E-state index is 11.3. The van der Waals surface area contributed by atoms with Crippen molar-refractivity contribution in [3.63, 3.8) is 0 Å². The maximum atomic E-state index is 11.3. The lowest BCUT2D eigenvalue weighted by molar-refractivity contribution is -0.145. The van der Waals surface area contributed by atoms with E-state index in [4.69, 9.17) is 23.7 Å². The predicted octanol–water partition coefficient (Wildman–Crippen LogP) is 4.62. The van der Waals surface area contributed by atoms with Gasteiger partial charge < -0.3 is 23.7 Å². The average Bonchev–Trinajstić information content (AvgIpc) is 2.39. The predicted molar refractivity (Wildman–Crippen MR) is 110 cm³/mol. The minimum Gasteiger partial charge on any atom is -0.459 e. The summed E-state index contributed by atoms with van der Waals surface area (Å²) in [6.07, 6.45) is -0.324. The Hall–Kier alpha value is -0.950. The molecule has 6 heteroatoms. The van der Waals surface area contributed by atoms with Gasteiger partial charge in [-0.15, -0.1) is 0 Å². The lowest BCUT2D eigenvalue weighted by Crippen LogP contribution is -2.29. The van der Waals surface area contributed by atoms with Gasteiger partial charge in [-0.25, -0.2) is 4.79 Å². The van der Waals surface area contributed by atoms with Crippen LogP contribution in [-0.4, -0.2) is 65.9 Å². The van der Waals surface area contributed by atoms with Crippen LogP contribution >= 0.6 is 0 Å². The maximum Gasteiger partial charge on any atom is 0.333 e. The van der Waals surface area contributed by atoms with Crippen LogP contribution in [0.25, 0.3) is 0 Å². The number of rotatable bonds is 12. The van der Waals surface area contributed by atoms with Crippen LogP contribution in [0.1, 0.15) is 51.5 Å². The molecular weight excluding hydrogens is 324 g/mol. The molecule has 0 aromatic carbocycles. The second kappa shape index (κ2) is 30.9. The number of hydrogen-bond donors (Lipinski definition) is 0. The third kappa shape index (κ3) is 28.1. The van der Waals surface area contributed by atoms with Crippen molar-refractivity contribution in [2.24, 2.45) is 0 Å². The second-order valence-corrected chi connectivity index (χ2v) is 3.93. The molecule has 0 bridgehead atoms. The highest BCUT2D eigenvalue weighted by molar-refractivity contribution is 5.86. The minimum absolute atomic E-state index is 0. The first kappa shape index (κ1) is 44.0.